The molecule has 0 aliphatic heterocycles. The second-order valence-electron chi connectivity index (χ2n) is 4.01. The molecular formula is C13H17ClO2. The molecule has 0 aliphatic carbocycles. The Labute approximate surface area is 102 Å². The summed E-state index contributed by atoms with van der Waals surface area (Å²) in [5.41, 5.74) is 3.57. The fraction of sp³-hybridized carbons (Fsp3) is 0.462. The molecule has 0 saturated carbocycles. The summed E-state index contributed by atoms with van der Waals surface area (Å²) in [6.45, 7) is 6.68. The minimum atomic E-state index is -0.305. The summed E-state index contributed by atoms with van der Waals surface area (Å²) in [7, 11) is 0. The van der Waals surface area contributed by atoms with Gasteiger partial charge in [-0.15, -0.1) is 0 Å². The van der Waals surface area contributed by atoms with E-state index >= 15 is 0 Å². The lowest BCUT2D eigenvalue weighted by Crippen LogP contribution is -2.01. The van der Waals surface area contributed by atoms with E-state index in [0.717, 1.165) is 11.3 Å². The molecular weight excluding hydrogens is 224 g/mol. The van der Waals surface area contributed by atoms with E-state index < -0.39 is 0 Å². The predicted octanol–water partition coefficient (Wildman–Crippen LogP) is 3.54. The number of ether oxygens (including phenoxy) is 1. The lowest BCUT2D eigenvalue weighted by Gasteiger charge is -2.11. The zero-order chi connectivity index (χ0) is 12.1. The molecule has 0 fully saturated rings. The van der Waals surface area contributed by atoms with E-state index in [4.69, 9.17) is 16.3 Å². The van der Waals surface area contributed by atoms with Gasteiger partial charge in [-0.2, -0.15) is 0 Å². The summed E-state index contributed by atoms with van der Waals surface area (Å²) in [4.78, 5) is 10.5. The molecule has 0 unspecified atom stereocenters. The number of benzene rings is 1. The zero-order valence-electron chi connectivity index (χ0n) is 9.97. The van der Waals surface area contributed by atoms with Gasteiger partial charge in [-0.1, -0.05) is 6.07 Å². The van der Waals surface area contributed by atoms with E-state index in [0.29, 0.717) is 19.4 Å². The van der Waals surface area contributed by atoms with Gasteiger partial charge in [0.05, 0.1) is 6.61 Å². The molecule has 0 aliphatic rings. The summed E-state index contributed by atoms with van der Waals surface area (Å²) in [5.74, 6) is 0.902. The Kier molecular flexibility index (Phi) is 4.81. The second-order valence-corrected chi connectivity index (χ2v) is 4.43. The first-order valence-corrected chi connectivity index (χ1v) is 5.77. The minimum absolute atomic E-state index is 0.305. The highest BCUT2D eigenvalue weighted by atomic mass is 35.5. The molecule has 0 N–H and O–H groups in total. The molecule has 2 nitrogen and oxygen atoms in total. The number of carbonyl (C=O) groups is 1. The third-order valence-electron chi connectivity index (χ3n) is 2.54. The Morgan fingerprint density at radius 2 is 2.00 bits per heavy atom. The summed E-state index contributed by atoms with van der Waals surface area (Å²) in [6, 6.07) is 4.15. The van der Waals surface area contributed by atoms with Gasteiger partial charge in [0.2, 0.25) is 5.24 Å². The summed E-state index contributed by atoms with van der Waals surface area (Å²) >= 11 is 5.25. The van der Waals surface area contributed by atoms with Crippen LogP contribution in [0.4, 0.5) is 0 Å². The Morgan fingerprint density at radius 1 is 1.31 bits per heavy atom. The molecule has 16 heavy (non-hydrogen) atoms. The highest BCUT2D eigenvalue weighted by Crippen LogP contribution is 2.23. The van der Waals surface area contributed by atoms with Crippen LogP contribution in [0.1, 0.15) is 29.5 Å². The smallest absolute Gasteiger partial charge is 0.221 e. The first-order valence-electron chi connectivity index (χ1n) is 5.39. The van der Waals surface area contributed by atoms with Crippen LogP contribution in [0, 0.1) is 20.8 Å². The quantitative estimate of drug-likeness (QED) is 0.581. The maximum absolute atomic E-state index is 10.5. The molecule has 1 aromatic carbocycles. The van der Waals surface area contributed by atoms with Crippen molar-refractivity contribution in [1.82, 2.24) is 0 Å². The average Bonchev–Trinajstić information content (AvgIpc) is 2.19. The van der Waals surface area contributed by atoms with Crippen LogP contribution >= 0.6 is 11.6 Å². The van der Waals surface area contributed by atoms with E-state index in [1.54, 1.807) is 0 Å². The molecule has 0 aromatic heterocycles. The molecule has 3 heteroatoms. The maximum atomic E-state index is 10.5. The van der Waals surface area contributed by atoms with Gasteiger partial charge in [-0.3, -0.25) is 4.79 Å². The predicted molar refractivity (Wildman–Crippen MR) is 66.2 cm³/mol. The lowest BCUT2D eigenvalue weighted by atomic mass is 10.1. The maximum Gasteiger partial charge on any atom is 0.221 e. The van der Waals surface area contributed by atoms with Gasteiger partial charge >= 0.3 is 0 Å². The largest absolute Gasteiger partial charge is 0.493 e. The Balaban J connectivity index is 2.57. The molecule has 1 aromatic rings. The van der Waals surface area contributed by atoms with Crippen LogP contribution in [0.5, 0.6) is 5.75 Å². The highest BCUT2D eigenvalue weighted by molar-refractivity contribution is 6.63. The Morgan fingerprint density at radius 3 is 2.62 bits per heavy atom. The lowest BCUT2D eigenvalue weighted by molar-refractivity contribution is -0.111. The Hall–Kier alpha value is -1.02. The molecule has 0 spiro atoms. The summed E-state index contributed by atoms with van der Waals surface area (Å²) in [6.07, 6.45) is 1.03. The summed E-state index contributed by atoms with van der Waals surface area (Å²) in [5, 5.41) is -0.305. The first kappa shape index (κ1) is 13.0. The minimum Gasteiger partial charge on any atom is -0.493 e. The van der Waals surface area contributed by atoms with E-state index in [1.165, 1.54) is 11.1 Å². The van der Waals surface area contributed by atoms with E-state index in [1.807, 2.05) is 19.9 Å². The SMILES string of the molecule is Cc1cc(C)c(C)c(OCCCC(=O)Cl)c1. The zero-order valence-corrected chi connectivity index (χ0v) is 10.7. The van der Waals surface area contributed by atoms with E-state index in [2.05, 4.69) is 13.0 Å². The van der Waals surface area contributed by atoms with Gasteiger partial charge in [0.1, 0.15) is 5.75 Å². The molecule has 0 atom stereocenters. The van der Waals surface area contributed by atoms with Crippen molar-refractivity contribution in [3.63, 3.8) is 0 Å². The van der Waals surface area contributed by atoms with E-state index in [-0.39, 0.29) is 5.24 Å². The molecule has 88 valence electrons. The molecule has 0 saturated heterocycles. The van der Waals surface area contributed by atoms with Crippen LogP contribution in [-0.2, 0) is 4.79 Å². The molecule has 0 amide bonds. The Bertz CT molecular complexity index is 386. The third-order valence-corrected chi connectivity index (χ3v) is 2.73. The standard InChI is InChI=1S/C13H17ClO2/c1-9-7-10(2)11(3)12(8-9)16-6-4-5-13(14)15/h7-8H,4-6H2,1-3H3. The number of carbonyl (C=O) groups excluding carboxylic acids is 1. The number of hydrogen-bond acceptors (Lipinski definition) is 2. The van der Waals surface area contributed by atoms with Crippen LogP contribution < -0.4 is 4.74 Å². The number of aryl methyl sites for hydroxylation is 2. The van der Waals surface area contributed by atoms with Crippen molar-refractivity contribution in [2.45, 2.75) is 33.6 Å². The molecule has 1 rings (SSSR count). The van der Waals surface area contributed by atoms with Crippen LogP contribution in [-0.4, -0.2) is 11.8 Å². The van der Waals surface area contributed by atoms with Gasteiger partial charge in [0, 0.05) is 6.42 Å². The molecule has 0 radical (unpaired) electrons. The van der Waals surface area contributed by atoms with Crippen molar-refractivity contribution < 1.29 is 9.53 Å². The number of rotatable bonds is 5. The van der Waals surface area contributed by atoms with Crippen molar-refractivity contribution in [2.24, 2.45) is 0 Å². The van der Waals surface area contributed by atoms with Crippen molar-refractivity contribution in [1.29, 1.82) is 0 Å². The van der Waals surface area contributed by atoms with Crippen molar-refractivity contribution in [3.8, 4) is 5.75 Å². The van der Waals surface area contributed by atoms with Crippen LogP contribution in [0.15, 0.2) is 12.1 Å². The van der Waals surface area contributed by atoms with Crippen molar-refractivity contribution >= 4 is 16.8 Å². The van der Waals surface area contributed by atoms with Gasteiger partial charge < -0.3 is 4.74 Å². The monoisotopic (exact) mass is 240 g/mol. The van der Waals surface area contributed by atoms with Crippen molar-refractivity contribution in [2.75, 3.05) is 6.61 Å². The third kappa shape index (κ3) is 3.86. The highest BCUT2D eigenvalue weighted by Gasteiger charge is 2.04. The molecule has 0 heterocycles. The van der Waals surface area contributed by atoms with E-state index in [9.17, 15) is 4.79 Å². The number of hydrogen-bond donors (Lipinski definition) is 0. The fourth-order valence-electron chi connectivity index (χ4n) is 1.54. The number of halogens is 1. The molecule has 0 bridgehead atoms. The van der Waals surface area contributed by atoms with Gasteiger partial charge in [-0.25, -0.2) is 0 Å². The summed E-state index contributed by atoms with van der Waals surface area (Å²) < 4.78 is 5.64. The van der Waals surface area contributed by atoms with Gasteiger partial charge in [0.25, 0.3) is 0 Å². The second kappa shape index (κ2) is 5.90. The van der Waals surface area contributed by atoms with Crippen LogP contribution in [0.2, 0.25) is 0 Å². The normalized spacial score (nSPS) is 10.2. The van der Waals surface area contributed by atoms with Gasteiger partial charge in [0.15, 0.2) is 0 Å². The van der Waals surface area contributed by atoms with Crippen LogP contribution in [0.25, 0.3) is 0 Å². The first-order chi connectivity index (χ1) is 7.50. The van der Waals surface area contributed by atoms with Crippen molar-refractivity contribution in [3.05, 3.63) is 28.8 Å². The average molecular weight is 241 g/mol. The van der Waals surface area contributed by atoms with Crippen LogP contribution in [0.3, 0.4) is 0 Å². The fourth-order valence-corrected chi connectivity index (χ4v) is 1.68. The van der Waals surface area contributed by atoms with Gasteiger partial charge in [-0.05, 0) is 61.5 Å². The topological polar surface area (TPSA) is 26.3 Å².